The van der Waals surface area contributed by atoms with Gasteiger partial charge in [0.25, 0.3) is 5.91 Å². The van der Waals surface area contributed by atoms with Gasteiger partial charge in [0.1, 0.15) is 5.75 Å². The van der Waals surface area contributed by atoms with Crippen molar-refractivity contribution in [1.29, 1.82) is 0 Å². The third kappa shape index (κ3) is 2.15. The fourth-order valence-electron chi connectivity index (χ4n) is 4.83. The maximum absolute atomic E-state index is 13.1. The van der Waals surface area contributed by atoms with Crippen LogP contribution in [-0.4, -0.2) is 19.1 Å². The molecule has 0 spiro atoms. The number of fused-ring (bicyclic) bond motifs is 6. The molecule has 1 saturated heterocycles. The standard InChI is InChI=1S/C22H23NO3/c1-21-11-12-22(26-21,18-8-4-3-7-17(18)21)20(24)23-13-10-15-14-25-19-9-5-2-6-16(15)19/h2-9,15H,10-14H2,1H3,(H,23,24)/t15-,21+,22-/m1/s1. The van der Waals surface area contributed by atoms with Gasteiger partial charge in [-0.25, -0.2) is 0 Å². The van der Waals surface area contributed by atoms with Crippen molar-refractivity contribution in [3.63, 3.8) is 0 Å². The normalized spacial score (nSPS) is 30.6. The second-order valence-corrected chi connectivity index (χ2v) is 7.80. The summed E-state index contributed by atoms with van der Waals surface area (Å²) in [6.07, 6.45) is 2.51. The van der Waals surface area contributed by atoms with Crippen molar-refractivity contribution < 1.29 is 14.3 Å². The van der Waals surface area contributed by atoms with Gasteiger partial charge in [-0.1, -0.05) is 42.5 Å². The highest BCUT2D eigenvalue weighted by Gasteiger charge is 2.60. The number of para-hydroxylation sites is 1. The lowest BCUT2D eigenvalue weighted by atomic mass is 9.77. The summed E-state index contributed by atoms with van der Waals surface area (Å²) in [6, 6.07) is 16.3. The summed E-state index contributed by atoms with van der Waals surface area (Å²) in [5, 5.41) is 3.14. The van der Waals surface area contributed by atoms with Crippen LogP contribution in [-0.2, 0) is 20.7 Å². The molecule has 134 valence electrons. The summed E-state index contributed by atoms with van der Waals surface area (Å²) in [4.78, 5) is 13.1. The molecule has 0 unspecified atom stereocenters. The molecule has 1 amide bonds. The van der Waals surface area contributed by atoms with Crippen LogP contribution in [0.5, 0.6) is 5.75 Å². The third-order valence-corrected chi connectivity index (χ3v) is 6.23. The van der Waals surface area contributed by atoms with Crippen LogP contribution >= 0.6 is 0 Å². The minimum atomic E-state index is -0.810. The van der Waals surface area contributed by atoms with E-state index in [1.54, 1.807) is 0 Å². The molecule has 2 aromatic carbocycles. The Labute approximate surface area is 153 Å². The lowest BCUT2D eigenvalue weighted by Gasteiger charge is -2.25. The number of carbonyl (C=O) groups excluding carboxylic acids is 1. The summed E-state index contributed by atoms with van der Waals surface area (Å²) < 4.78 is 12.1. The Hall–Kier alpha value is -2.33. The van der Waals surface area contributed by atoms with Gasteiger partial charge in [0, 0.05) is 18.0 Å². The van der Waals surface area contributed by atoms with Crippen LogP contribution in [0.15, 0.2) is 48.5 Å². The minimum absolute atomic E-state index is 0.00150. The summed E-state index contributed by atoms with van der Waals surface area (Å²) in [7, 11) is 0. The monoisotopic (exact) mass is 349 g/mol. The molecule has 3 atom stereocenters. The van der Waals surface area contributed by atoms with Gasteiger partial charge in [-0.15, -0.1) is 0 Å². The van der Waals surface area contributed by atoms with Crippen LogP contribution in [0.2, 0.25) is 0 Å². The molecule has 4 heteroatoms. The van der Waals surface area contributed by atoms with Crippen molar-refractivity contribution in [3.8, 4) is 5.75 Å². The van der Waals surface area contributed by atoms with Crippen LogP contribution in [0.25, 0.3) is 0 Å². The molecule has 0 saturated carbocycles. The zero-order valence-corrected chi connectivity index (χ0v) is 15.0. The van der Waals surface area contributed by atoms with Gasteiger partial charge in [0.05, 0.1) is 12.2 Å². The van der Waals surface area contributed by atoms with E-state index in [2.05, 4.69) is 24.4 Å². The molecule has 3 aliphatic rings. The van der Waals surface area contributed by atoms with E-state index in [4.69, 9.17) is 9.47 Å². The van der Waals surface area contributed by atoms with Gasteiger partial charge in [-0.3, -0.25) is 4.79 Å². The van der Waals surface area contributed by atoms with Crippen molar-refractivity contribution >= 4 is 5.91 Å². The minimum Gasteiger partial charge on any atom is -0.493 e. The first-order chi connectivity index (χ1) is 12.6. The number of hydrogen-bond donors (Lipinski definition) is 1. The lowest BCUT2D eigenvalue weighted by molar-refractivity contribution is -0.150. The molecule has 0 radical (unpaired) electrons. The van der Waals surface area contributed by atoms with Gasteiger partial charge >= 0.3 is 0 Å². The molecule has 5 rings (SSSR count). The SMILES string of the molecule is C[C@@]12CC[C@@](C(=O)NCC[C@@H]3COc4ccccc43)(O1)c1ccccc12. The highest BCUT2D eigenvalue weighted by atomic mass is 16.5. The van der Waals surface area contributed by atoms with E-state index in [-0.39, 0.29) is 11.5 Å². The fourth-order valence-corrected chi connectivity index (χ4v) is 4.83. The van der Waals surface area contributed by atoms with Gasteiger partial charge in [-0.05, 0) is 43.4 Å². The molecule has 0 aliphatic carbocycles. The second kappa shape index (κ2) is 5.58. The molecule has 3 heterocycles. The summed E-state index contributed by atoms with van der Waals surface area (Å²) in [5.74, 6) is 1.31. The van der Waals surface area contributed by atoms with E-state index in [9.17, 15) is 4.79 Å². The van der Waals surface area contributed by atoms with Gasteiger partial charge in [0.2, 0.25) is 0 Å². The molecule has 2 bridgehead atoms. The fraction of sp³-hybridized carbons (Fsp3) is 0.409. The lowest BCUT2D eigenvalue weighted by Crippen LogP contribution is -2.43. The Morgan fingerprint density at radius 3 is 2.77 bits per heavy atom. The largest absolute Gasteiger partial charge is 0.493 e. The summed E-state index contributed by atoms with van der Waals surface area (Å²) in [5.41, 5.74) is 2.32. The van der Waals surface area contributed by atoms with E-state index in [0.29, 0.717) is 19.1 Å². The van der Waals surface area contributed by atoms with E-state index in [1.165, 1.54) is 11.1 Å². The van der Waals surface area contributed by atoms with Crippen LogP contribution in [0.1, 0.15) is 48.8 Å². The van der Waals surface area contributed by atoms with Crippen LogP contribution < -0.4 is 10.1 Å². The smallest absolute Gasteiger partial charge is 0.256 e. The van der Waals surface area contributed by atoms with Crippen molar-refractivity contribution in [1.82, 2.24) is 5.32 Å². The first-order valence-electron chi connectivity index (χ1n) is 9.43. The van der Waals surface area contributed by atoms with E-state index in [1.807, 2.05) is 36.4 Å². The molecule has 0 aromatic heterocycles. The predicted octanol–water partition coefficient (Wildman–Crippen LogP) is 3.60. The number of ether oxygens (including phenoxy) is 2. The first-order valence-corrected chi connectivity index (χ1v) is 9.43. The Balaban J connectivity index is 1.29. The zero-order chi connectivity index (χ0) is 17.8. The Bertz CT molecular complexity index is 879. The van der Waals surface area contributed by atoms with Crippen molar-refractivity contribution in [2.45, 2.75) is 43.3 Å². The molecular formula is C22H23NO3. The number of hydrogen-bond acceptors (Lipinski definition) is 3. The molecule has 1 fully saturated rings. The Kier molecular flexibility index (Phi) is 3.41. The molecule has 1 N–H and O–H groups in total. The zero-order valence-electron chi connectivity index (χ0n) is 15.0. The second-order valence-electron chi connectivity index (χ2n) is 7.80. The highest BCUT2D eigenvalue weighted by Crippen LogP contribution is 2.58. The maximum Gasteiger partial charge on any atom is 0.256 e. The Morgan fingerprint density at radius 2 is 1.88 bits per heavy atom. The van der Waals surface area contributed by atoms with Crippen LogP contribution in [0.4, 0.5) is 0 Å². The highest BCUT2D eigenvalue weighted by molar-refractivity contribution is 5.88. The number of benzene rings is 2. The predicted molar refractivity (Wildman–Crippen MR) is 98.1 cm³/mol. The maximum atomic E-state index is 13.1. The van der Waals surface area contributed by atoms with Gasteiger partial charge in [0.15, 0.2) is 5.60 Å². The number of nitrogens with one attached hydrogen (secondary N) is 1. The molecule has 2 aromatic rings. The average Bonchev–Trinajstić information content (AvgIpc) is 3.31. The Morgan fingerprint density at radius 1 is 1.12 bits per heavy atom. The molecule has 4 nitrogen and oxygen atoms in total. The van der Waals surface area contributed by atoms with Gasteiger partial charge < -0.3 is 14.8 Å². The molecule has 3 aliphatic heterocycles. The van der Waals surface area contributed by atoms with E-state index in [0.717, 1.165) is 30.6 Å². The van der Waals surface area contributed by atoms with Crippen molar-refractivity contribution in [2.75, 3.05) is 13.2 Å². The summed E-state index contributed by atoms with van der Waals surface area (Å²) in [6.45, 7) is 3.42. The number of amides is 1. The number of rotatable bonds is 4. The van der Waals surface area contributed by atoms with Gasteiger partial charge in [-0.2, -0.15) is 0 Å². The third-order valence-electron chi connectivity index (χ3n) is 6.23. The number of carbonyl (C=O) groups is 1. The topological polar surface area (TPSA) is 47.6 Å². The summed E-state index contributed by atoms with van der Waals surface area (Å²) >= 11 is 0. The van der Waals surface area contributed by atoms with Crippen LogP contribution in [0.3, 0.4) is 0 Å². The van der Waals surface area contributed by atoms with E-state index < -0.39 is 5.60 Å². The average molecular weight is 349 g/mol. The van der Waals surface area contributed by atoms with Crippen molar-refractivity contribution in [2.24, 2.45) is 0 Å². The first kappa shape index (κ1) is 15.9. The molecule has 26 heavy (non-hydrogen) atoms. The van der Waals surface area contributed by atoms with Crippen LogP contribution in [0, 0.1) is 0 Å². The quantitative estimate of drug-likeness (QED) is 0.917. The molecular weight excluding hydrogens is 326 g/mol. The van der Waals surface area contributed by atoms with E-state index >= 15 is 0 Å². The van der Waals surface area contributed by atoms with Crippen molar-refractivity contribution in [3.05, 3.63) is 65.2 Å².